The summed E-state index contributed by atoms with van der Waals surface area (Å²) in [4.78, 5) is 28.1. The number of rotatable bonds is 6. The van der Waals surface area contributed by atoms with Gasteiger partial charge >= 0.3 is 0 Å². The number of carbonyl (C=O) groups is 2. The van der Waals surface area contributed by atoms with E-state index >= 15 is 0 Å². The summed E-state index contributed by atoms with van der Waals surface area (Å²) in [6.45, 7) is 2.31. The van der Waals surface area contributed by atoms with Gasteiger partial charge in [0, 0.05) is 17.7 Å². The topological polar surface area (TPSA) is 71.8 Å². The molecule has 6 nitrogen and oxygen atoms in total. The quantitative estimate of drug-likeness (QED) is 0.644. The maximum atomic E-state index is 13.3. The van der Waals surface area contributed by atoms with Crippen LogP contribution in [0.2, 0.25) is 0 Å². The molecule has 1 aromatic heterocycles. The Morgan fingerprint density at radius 2 is 1.90 bits per heavy atom. The summed E-state index contributed by atoms with van der Waals surface area (Å²) in [5, 5.41) is 2.98. The SMILES string of the molecule is COc1ccccc1[C@H]1[C@H](C(=O)NCc2ccco2)CCC(=O)N1c1ccc(C)cc1. The van der Waals surface area contributed by atoms with Gasteiger partial charge < -0.3 is 19.4 Å². The molecule has 160 valence electrons. The van der Waals surface area contributed by atoms with E-state index in [0.717, 1.165) is 16.8 Å². The lowest BCUT2D eigenvalue weighted by Crippen LogP contribution is -2.48. The number of para-hydroxylation sites is 1. The monoisotopic (exact) mass is 418 g/mol. The van der Waals surface area contributed by atoms with Crippen molar-refractivity contribution >= 4 is 17.5 Å². The first-order valence-electron chi connectivity index (χ1n) is 10.4. The number of furan rings is 1. The number of nitrogens with zero attached hydrogens (tertiary/aromatic N) is 1. The number of amides is 2. The van der Waals surface area contributed by atoms with Crippen LogP contribution in [0, 0.1) is 12.8 Å². The van der Waals surface area contributed by atoms with Gasteiger partial charge in [0.15, 0.2) is 0 Å². The Bertz CT molecular complexity index is 1040. The molecule has 1 saturated heterocycles. The van der Waals surface area contributed by atoms with Crippen molar-refractivity contribution in [3.05, 3.63) is 83.8 Å². The zero-order chi connectivity index (χ0) is 21.8. The fraction of sp³-hybridized carbons (Fsp3) is 0.280. The number of piperidine rings is 1. The van der Waals surface area contributed by atoms with Gasteiger partial charge in [-0.3, -0.25) is 9.59 Å². The van der Waals surface area contributed by atoms with E-state index in [1.165, 1.54) is 0 Å². The maximum Gasteiger partial charge on any atom is 0.227 e. The fourth-order valence-corrected chi connectivity index (χ4v) is 4.16. The van der Waals surface area contributed by atoms with Crippen molar-refractivity contribution in [1.29, 1.82) is 0 Å². The van der Waals surface area contributed by atoms with Crippen molar-refractivity contribution in [3.8, 4) is 5.75 Å². The molecule has 2 aromatic carbocycles. The molecule has 0 aliphatic carbocycles. The van der Waals surface area contributed by atoms with E-state index in [-0.39, 0.29) is 11.8 Å². The number of nitrogens with one attached hydrogen (secondary N) is 1. The molecule has 1 aliphatic rings. The van der Waals surface area contributed by atoms with Crippen LogP contribution in [0.1, 0.15) is 35.8 Å². The summed E-state index contributed by atoms with van der Waals surface area (Å²) in [6, 6.07) is 18.5. The molecule has 0 bridgehead atoms. The van der Waals surface area contributed by atoms with E-state index < -0.39 is 12.0 Å². The summed E-state index contributed by atoms with van der Waals surface area (Å²) < 4.78 is 10.9. The number of anilines is 1. The van der Waals surface area contributed by atoms with Crippen molar-refractivity contribution in [2.75, 3.05) is 12.0 Å². The van der Waals surface area contributed by atoms with Gasteiger partial charge in [-0.1, -0.05) is 35.9 Å². The lowest BCUT2D eigenvalue weighted by molar-refractivity contribution is -0.129. The standard InChI is InChI=1S/C25H26N2O4/c1-17-9-11-18(12-10-17)27-23(28)14-13-21(25(29)26-16-19-6-5-15-31-19)24(27)20-7-3-4-8-22(20)30-2/h3-12,15,21,24H,13-14,16H2,1-2H3,(H,26,29)/t21-,24+/m1/s1. The lowest BCUT2D eigenvalue weighted by atomic mass is 9.82. The number of benzene rings is 2. The van der Waals surface area contributed by atoms with Crippen molar-refractivity contribution in [2.24, 2.45) is 5.92 Å². The third kappa shape index (κ3) is 4.33. The summed E-state index contributed by atoms with van der Waals surface area (Å²) in [7, 11) is 1.60. The van der Waals surface area contributed by atoms with Gasteiger partial charge in [-0.25, -0.2) is 0 Å². The Labute approximate surface area is 181 Å². The average molecular weight is 418 g/mol. The van der Waals surface area contributed by atoms with Crippen LogP contribution >= 0.6 is 0 Å². The van der Waals surface area contributed by atoms with Gasteiger partial charge in [0.2, 0.25) is 11.8 Å². The first-order valence-corrected chi connectivity index (χ1v) is 10.4. The predicted molar refractivity (Wildman–Crippen MR) is 118 cm³/mol. The molecule has 0 unspecified atom stereocenters. The first-order chi connectivity index (χ1) is 15.1. The number of hydrogen-bond donors (Lipinski definition) is 1. The van der Waals surface area contributed by atoms with Crippen LogP contribution in [-0.4, -0.2) is 18.9 Å². The highest BCUT2D eigenvalue weighted by molar-refractivity contribution is 5.97. The van der Waals surface area contributed by atoms with E-state index in [9.17, 15) is 9.59 Å². The smallest absolute Gasteiger partial charge is 0.227 e. The third-order valence-electron chi connectivity index (χ3n) is 5.72. The molecule has 3 aromatic rings. The third-order valence-corrected chi connectivity index (χ3v) is 5.72. The van der Waals surface area contributed by atoms with Gasteiger partial charge in [-0.15, -0.1) is 0 Å². The molecule has 0 radical (unpaired) electrons. The molecule has 31 heavy (non-hydrogen) atoms. The summed E-state index contributed by atoms with van der Waals surface area (Å²) >= 11 is 0. The van der Waals surface area contributed by atoms with Crippen molar-refractivity contribution in [2.45, 2.75) is 32.4 Å². The van der Waals surface area contributed by atoms with Crippen LogP contribution in [0.3, 0.4) is 0 Å². The molecular weight excluding hydrogens is 392 g/mol. The van der Waals surface area contributed by atoms with Crippen LogP contribution in [0.15, 0.2) is 71.3 Å². The average Bonchev–Trinajstić information content (AvgIpc) is 3.31. The number of aryl methyl sites for hydroxylation is 1. The molecule has 0 spiro atoms. The minimum absolute atomic E-state index is 0.00477. The Kier molecular flexibility index (Phi) is 6.07. The molecule has 1 N–H and O–H groups in total. The Morgan fingerprint density at radius 1 is 1.13 bits per heavy atom. The Hall–Kier alpha value is -3.54. The number of ether oxygens (including phenoxy) is 1. The molecule has 2 heterocycles. The zero-order valence-corrected chi connectivity index (χ0v) is 17.7. The second-order valence-electron chi connectivity index (χ2n) is 7.73. The second-order valence-corrected chi connectivity index (χ2v) is 7.73. The van der Waals surface area contributed by atoms with E-state index in [4.69, 9.17) is 9.15 Å². The number of hydrogen-bond acceptors (Lipinski definition) is 4. The highest BCUT2D eigenvalue weighted by atomic mass is 16.5. The van der Waals surface area contributed by atoms with Crippen LogP contribution in [0.5, 0.6) is 5.75 Å². The fourth-order valence-electron chi connectivity index (χ4n) is 4.16. The van der Waals surface area contributed by atoms with Gasteiger partial charge in [0.25, 0.3) is 0 Å². The Balaban J connectivity index is 1.73. The molecule has 4 rings (SSSR count). The van der Waals surface area contributed by atoms with Crippen molar-refractivity contribution in [3.63, 3.8) is 0 Å². The van der Waals surface area contributed by atoms with E-state index in [2.05, 4.69) is 5.32 Å². The highest BCUT2D eigenvalue weighted by Crippen LogP contribution is 2.43. The summed E-state index contributed by atoms with van der Waals surface area (Å²) in [5.41, 5.74) is 2.70. The van der Waals surface area contributed by atoms with Crippen molar-refractivity contribution < 1.29 is 18.7 Å². The van der Waals surface area contributed by atoms with E-state index in [1.807, 2.05) is 61.5 Å². The van der Waals surface area contributed by atoms with Gasteiger partial charge in [-0.2, -0.15) is 0 Å². The molecular formula is C25H26N2O4. The molecule has 1 aliphatic heterocycles. The molecule has 1 fully saturated rings. The maximum absolute atomic E-state index is 13.3. The molecule has 2 atom stereocenters. The van der Waals surface area contributed by atoms with E-state index in [0.29, 0.717) is 30.9 Å². The second kappa shape index (κ2) is 9.08. The lowest BCUT2D eigenvalue weighted by Gasteiger charge is -2.41. The zero-order valence-electron chi connectivity index (χ0n) is 17.7. The van der Waals surface area contributed by atoms with Crippen LogP contribution in [0.25, 0.3) is 0 Å². The Morgan fingerprint density at radius 3 is 2.61 bits per heavy atom. The predicted octanol–water partition coefficient (Wildman–Crippen LogP) is 4.40. The summed E-state index contributed by atoms with van der Waals surface area (Å²) in [6.07, 6.45) is 2.35. The van der Waals surface area contributed by atoms with Crippen molar-refractivity contribution in [1.82, 2.24) is 5.32 Å². The van der Waals surface area contributed by atoms with Gasteiger partial charge in [0.1, 0.15) is 11.5 Å². The number of methoxy groups -OCH3 is 1. The van der Waals surface area contributed by atoms with Gasteiger partial charge in [-0.05, 0) is 43.7 Å². The van der Waals surface area contributed by atoms with Gasteiger partial charge in [0.05, 0.1) is 31.9 Å². The molecule has 6 heteroatoms. The summed E-state index contributed by atoms with van der Waals surface area (Å²) in [5.74, 6) is 0.796. The number of carbonyl (C=O) groups excluding carboxylic acids is 2. The minimum Gasteiger partial charge on any atom is -0.496 e. The van der Waals surface area contributed by atoms with E-state index in [1.54, 1.807) is 24.3 Å². The van der Waals surface area contributed by atoms with Crippen LogP contribution in [-0.2, 0) is 16.1 Å². The highest BCUT2D eigenvalue weighted by Gasteiger charge is 2.42. The molecule has 2 amide bonds. The first kappa shape index (κ1) is 20.7. The minimum atomic E-state index is -0.475. The van der Waals surface area contributed by atoms with Crippen LogP contribution < -0.4 is 15.0 Å². The largest absolute Gasteiger partial charge is 0.496 e. The normalized spacial score (nSPS) is 18.6. The van der Waals surface area contributed by atoms with Crippen LogP contribution in [0.4, 0.5) is 5.69 Å². The molecule has 0 saturated carbocycles.